The van der Waals surface area contributed by atoms with Gasteiger partial charge < -0.3 is 20.1 Å². The Bertz CT molecular complexity index is 823. The van der Waals surface area contributed by atoms with Crippen molar-refractivity contribution in [2.45, 2.75) is 6.42 Å². The molecule has 7 heteroatoms. The van der Waals surface area contributed by atoms with E-state index in [1.807, 2.05) is 18.2 Å². The Balaban J connectivity index is 1.44. The van der Waals surface area contributed by atoms with Crippen molar-refractivity contribution in [2.24, 2.45) is 5.92 Å². The highest BCUT2D eigenvalue weighted by Crippen LogP contribution is 2.35. The average Bonchev–Trinajstić information content (AvgIpc) is 2.70. The molecule has 0 saturated heterocycles. The molecule has 0 radical (unpaired) electrons. The molecule has 1 aliphatic heterocycles. The molecule has 0 saturated carbocycles. The van der Waals surface area contributed by atoms with Crippen LogP contribution in [0.2, 0.25) is 0 Å². The van der Waals surface area contributed by atoms with Crippen LogP contribution in [0.1, 0.15) is 15.9 Å². The maximum atomic E-state index is 12.9. The number of para-hydroxylation sites is 1. The molecule has 1 aliphatic rings. The van der Waals surface area contributed by atoms with Gasteiger partial charge in [0.05, 0.1) is 13.0 Å². The van der Waals surface area contributed by atoms with E-state index in [2.05, 4.69) is 10.6 Å². The molecular formula is C20H21FN2O4. The zero-order valence-electron chi connectivity index (χ0n) is 15.0. The van der Waals surface area contributed by atoms with E-state index < -0.39 is 5.82 Å². The van der Waals surface area contributed by atoms with Gasteiger partial charge in [0.2, 0.25) is 5.91 Å². The third-order valence-electron chi connectivity index (χ3n) is 4.36. The lowest BCUT2D eigenvalue weighted by molar-refractivity contribution is -0.126. The smallest absolute Gasteiger partial charge is 0.251 e. The van der Waals surface area contributed by atoms with Crippen molar-refractivity contribution in [3.8, 4) is 11.5 Å². The van der Waals surface area contributed by atoms with Crippen LogP contribution in [0.15, 0.2) is 42.5 Å². The van der Waals surface area contributed by atoms with Gasteiger partial charge in [0, 0.05) is 18.7 Å². The monoisotopic (exact) mass is 372 g/mol. The molecule has 2 aromatic carbocycles. The van der Waals surface area contributed by atoms with Crippen LogP contribution in [0, 0.1) is 11.7 Å². The summed E-state index contributed by atoms with van der Waals surface area (Å²) in [6.45, 7) is 0.855. The molecular weight excluding hydrogens is 351 g/mol. The van der Waals surface area contributed by atoms with E-state index in [1.165, 1.54) is 24.3 Å². The zero-order chi connectivity index (χ0) is 19.2. The molecule has 0 aromatic heterocycles. The predicted molar refractivity (Wildman–Crippen MR) is 97.4 cm³/mol. The number of carbonyl (C=O) groups excluding carboxylic acids is 2. The third kappa shape index (κ3) is 4.55. The number of benzene rings is 2. The van der Waals surface area contributed by atoms with E-state index in [9.17, 15) is 14.0 Å². The molecule has 142 valence electrons. The summed E-state index contributed by atoms with van der Waals surface area (Å²) in [6.07, 6.45) is 0.570. The summed E-state index contributed by atoms with van der Waals surface area (Å²) in [4.78, 5) is 24.3. The first-order chi connectivity index (χ1) is 13.1. The van der Waals surface area contributed by atoms with Gasteiger partial charge in [-0.2, -0.15) is 0 Å². The number of rotatable bonds is 6. The number of carbonyl (C=O) groups is 2. The summed E-state index contributed by atoms with van der Waals surface area (Å²) < 4.78 is 23.8. The Kier molecular flexibility index (Phi) is 5.90. The predicted octanol–water partition coefficient (Wildman–Crippen LogP) is 1.93. The second-order valence-electron chi connectivity index (χ2n) is 6.21. The van der Waals surface area contributed by atoms with E-state index in [0.717, 1.165) is 5.56 Å². The normalized spacial score (nSPS) is 15.3. The van der Waals surface area contributed by atoms with E-state index in [-0.39, 0.29) is 30.9 Å². The van der Waals surface area contributed by atoms with Gasteiger partial charge in [0.25, 0.3) is 5.91 Å². The minimum Gasteiger partial charge on any atom is -0.493 e. The number of methoxy groups -OCH3 is 1. The van der Waals surface area contributed by atoms with Crippen LogP contribution in [0.25, 0.3) is 0 Å². The van der Waals surface area contributed by atoms with E-state index >= 15 is 0 Å². The highest BCUT2D eigenvalue weighted by molar-refractivity contribution is 5.94. The van der Waals surface area contributed by atoms with Crippen LogP contribution in [-0.2, 0) is 11.2 Å². The number of hydrogen-bond donors (Lipinski definition) is 2. The number of nitrogens with one attached hydrogen (secondary N) is 2. The van der Waals surface area contributed by atoms with E-state index in [4.69, 9.17) is 9.47 Å². The van der Waals surface area contributed by atoms with Crippen LogP contribution in [0.5, 0.6) is 11.5 Å². The van der Waals surface area contributed by atoms with Gasteiger partial charge in [0.1, 0.15) is 12.4 Å². The molecule has 27 heavy (non-hydrogen) atoms. The lowest BCUT2D eigenvalue weighted by atomic mass is 9.95. The van der Waals surface area contributed by atoms with E-state index in [0.29, 0.717) is 30.0 Å². The van der Waals surface area contributed by atoms with Crippen LogP contribution in [-0.4, -0.2) is 38.6 Å². The maximum absolute atomic E-state index is 12.9. The number of amides is 2. The van der Waals surface area contributed by atoms with Gasteiger partial charge >= 0.3 is 0 Å². The molecule has 1 heterocycles. The minimum absolute atomic E-state index is 0.125. The van der Waals surface area contributed by atoms with Crippen LogP contribution in [0.4, 0.5) is 4.39 Å². The second-order valence-corrected chi connectivity index (χ2v) is 6.21. The molecule has 0 spiro atoms. The first-order valence-electron chi connectivity index (χ1n) is 8.68. The summed E-state index contributed by atoms with van der Waals surface area (Å²) >= 11 is 0. The molecule has 2 N–H and O–H groups in total. The summed E-state index contributed by atoms with van der Waals surface area (Å²) in [5.74, 6) is 0.223. The molecule has 1 atom stereocenters. The van der Waals surface area contributed by atoms with Crippen LogP contribution >= 0.6 is 0 Å². The number of halogens is 1. The molecule has 3 rings (SSSR count). The lowest BCUT2D eigenvalue weighted by Gasteiger charge is -2.25. The van der Waals surface area contributed by atoms with Crippen molar-refractivity contribution >= 4 is 11.8 Å². The Labute approximate surface area is 156 Å². The first-order valence-corrected chi connectivity index (χ1v) is 8.68. The van der Waals surface area contributed by atoms with Gasteiger partial charge in [-0.1, -0.05) is 12.1 Å². The highest BCUT2D eigenvalue weighted by Gasteiger charge is 2.27. The standard InChI is InChI=1S/C20H21FN2O4/c1-26-17-4-2-3-14-11-15(12-27-18(14)17)20(25)23-10-9-22-19(24)13-5-7-16(21)8-6-13/h2-8,15H,9-12H2,1H3,(H,22,24)(H,23,25). The first kappa shape index (κ1) is 18.7. The van der Waals surface area contributed by atoms with Crippen molar-refractivity contribution in [3.05, 3.63) is 59.4 Å². The molecule has 6 nitrogen and oxygen atoms in total. The zero-order valence-corrected chi connectivity index (χ0v) is 15.0. The number of hydrogen-bond acceptors (Lipinski definition) is 4. The fraction of sp³-hybridized carbons (Fsp3) is 0.300. The van der Waals surface area contributed by atoms with Gasteiger partial charge in [-0.15, -0.1) is 0 Å². The van der Waals surface area contributed by atoms with Crippen LogP contribution < -0.4 is 20.1 Å². The van der Waals surface area contributed by atoms with Crippen LogP contribution in [0.3, 0.4) is 0 Å². The van der Waals surface area contributed by atoms with Gasteiger partial charge in [-0.05, 0) is 42.3 Å². The number of ether oxygens (including phenoxy) is 2. The molecule has 0 fully saturated rings. The number of fused-ring (bicyclic) bond motifs is 1. The topological polar surface area (TPSA) is 76.7 Å². The molecule has 1 unspecified atom stereocenters. The average molecular weight is 372 g/mol. The van der Waals surface area contributed by atoms with Crippen molar-refractivity contribution in [1.82, 2.24) is 10.6 Å². The molecule has 2 aromatic rings. The summed E-state index contributed by atoms with van der Waals surface area (Å²) in [5, 5.41) is 5.49. The largest absolute Gasteiger partial charge is 0.493 e. The quantitative estimate of drug-likeness (QED) is 0.760. The Hall–Kier alpha value is -3.09. The molecule has 2 amide bonds. The SMILES string of the molecule is COc1cccc2c1OCC(C(=O)NCCNC(=O)c1ccc(F)cc1)C2. The Morgan fingerprint density at radius 2 is 1.89 bits per heavy atom. The van der Waals surface area contributed by atoms with Gasteiger partial charge in [0.15, 0.2) is 11.5 Å². The van der Waals surface area contributed by atoms with Crippen molar-refractivity contribution in [1.29, 1.82) is 0 Å². The van der Waals surface area contributed by atoms with Crippen molar-refractivity contribution in [2.75, 3.05) is 26.8 Å². The fourth-order valence-corrected chi connectivity index (χ4v) is 2.93. The van der Waals surface area contributed by atoms with Gasteiger partial charge in [-0.25, -0.2) is 4.39 Å². The lowest BCUT2D eigenvalue weighted by Crippen LogP contribution is -2.41. The molecule has 0 aliphatic carbocycles. The Morgan fingerprint density at radius 1 is 1.15 bits per heavy atom. The van der Waals surface area contributed by atoms with E-state index in [1.54, 1.807) is 7.11 Å². The second kappa shape index (κ2) is 8.53. The minimum atomic E-state index is -0.396. The van der Waals surface area contributed by atoms with Crippen molar-refractivity contribution in [3.63, 3.8) is 0 Å². The maximum Gasteiger partial charge on any atom is 0.251 e. The summed E-state index contributed by atoms with van der Waals surface area (Å²) in [7, 11) is 1.58. The molecule has 0 bridgehead atoms. The fourth-order valence-electron chi connectivity index (χ4n) is 2.93. The van der Waals surface area contributed by atoms with Gasteiger partial charge in [-0.3, -0.25) is 9.59 Å². The summed E-state index contributed by atoms with van der Waals surface area (Å²) in [6, 6.07) is 10.9. The highest BCUT2D eigenvalue weighted by atomic mass is 19.1. The third-order valence-corrected chi connectivity index (χ3v) is 4.36. The Morgan fingerprint density at radius 3 is 2.63 bits per heavy atom. The summed E-state index contributed by atoms with van der Waals surface area (Å²) in [5.41, 5.74) is 1.30. The van der Waals surface area contributed by atoms with Crippen molar-refractivity contribution < 1.29 is 23.5 Å².